The van der Waals surface area contributed by atoms with Crippen molar-refractivity contribution in [2.24, 2.45) is 11.8 Å². The Labute approximate surface area is 123 Å². The number of carboxylic acids is 1. The molecule has 0 saturated heterocycles. The van der Waals surface area contributed by atoms with Crippen LogP contribution in [0.2, 0.25) is 0 Å². The van der Waals surface area contributed by atoms with Gasteiger partial charge in [-0.1, -0.05) is 13.8 Å². The fourth-order valence-electron chi connectivity index (χ4n) is 1.53. The van der Waals surface area contributed by atoms with E-state index in [1.165, 1.54) is 38.1 Å². The summed E-state index contributed by atoms with van der Waals surface area (Å²) in [5, 5.41) is 11.5. The Morgan fingerprint density at radius 2 is 1.52 bits per heavy atom. The monoisotopic (exact) mass is 314 g/mol. The Kier molecular flexibility index (Phi) is 5.31. The highest BCUT2D eigenvalue weighted by atomic mass is 32.2. The molecule has 0 aliphatic carbocycles. The fraction of sp³-hybridized carbons (Fsp3) is 0.385. The van der Waals surface area contributed by atoms with E-state index in [-0.39, 0.29) is 0 Å². The van der Waals surface area contributed by atoms with Crippen molar-refractivity contribution in [3.63, 3.8) is 0 Å². The number of carboxylic acid groups (broad SMARTS) is 1. The molecular formula is C13H18N2O5S. The van der Waals surface area contributed by atoms with Crippen molar-refractivity contribution in [2.75, 3.05) is 16.3 Å². The standard InChI is InChI=1S/C13H18N2O5S/c1-8(9(2)13(17)18)12(16)14-10-4-6-11(7-5-10)15-21(3,19)20/h4-9,15H,1-3H3,(H,14,16)(H,17,18). The zero-order valence-corrected chi connectivity index (χ0v) is 12.8. The van der Waals surface area contributed by atoms with E-state index in [9.17, 15) is 18.0 Å². The van der Waals surface area contributed by atoms with E-state index in [2.05, 4.69) is 10.0 Å². The lowest BCUT2D eigenvalue weighted by molar-refractivity contribution is -0.145. The van der Waals surface area contributed by atoms with E-state index in [0.29, 0.717) is 11.4 Å². The van der Waals surface area contributed by atoms with Gasteiger partial charge in [0.25, 0.3) is 0 Å². The van der Waals surface area contributed by atoms with Crippen LogP contribution >= 0.6 is 0 Å². The van der Waals surface area contributed by atoms with Crippen LogP contribution in [0.1, 0.15) is 13.8 Å². The van der Waals surface area contributed by atoms with Gasteiger partial charge in [0.05, 0.1) is 12.2 Å². The molecule has 2 atom stereocenters. The van der Waals surface area contributed by atoms with E-state index in [1.54, 1.807) is 0 Å². The van der Waals surface area contributed by atoms with Crippen molar-refractivity contribution in [3.05, 3.63) is 24.3 Å². The molecule has 0 aromatic heterocycles. The number of carbonyl (C=O) groups excluding carboxylic acids is 1. The number of sulfonamides is 1. The molecule has 0 aliphatic heterocycles. The number of anilines is 2. The second-order valence-corrected chi connectivity index (χ2v) is 6.60. The van der Waals surface area contributed by atoms with Gasteiger partial charge in [0.1, 0.15) is 0 Å². The molecular weight excluding hydrogens is 296 g/mol. The first-order valence-corrected chi connectivity index (χ1v) is 8.11. The summed E-state index contributed by atoms with van der Waals surface area (Å²) in [6, 6.07) is 6.07. The summed E-state index contributed by atoms with van der Waals surface area (Å²) in [7, 11) is -3.35. The molecule has 1 rings (SSSR count). The maximum atomic E-state index is 11.9. The average molecular weight is 314 g/mol. The number of hydrogen-bond donors (Lipinski definition) is 3. The van der Waals surface area contributed by atoms with Crippen molar-refractivity contribution in [1.29, 1.82) is 0 Å². The van der Waals surface area contributed by atoms with Crippen LogP contribution in [0.15, 0.2) is 24.3 Å². The van der Waals surface area contributed by atoms with Crippen LogP contribution < -0.4 is 10.0 Å². The number of benzene rings is 1. The summed E-state index contributed by atoms with van der Waals surface area (Å²) in [5.41, 5.74) is 0.839. The van der Waals surface area contributed by atoms with Gasteiger partial charge in [-0.05, 0) is 24.3 Å². The quantitative estimate of drug-likeness (QED) is 0.733. The lowest BCUT2D eigenvalue weighted by atomic mass is 9.95. The second kappa shape index (κ2) is 6.57. The smallest absolute Gasteiger partial charge is 0.307 e. The van der Waals surface area contributed by atoms with E-state index in [4.69, 9.17) is 5.11 Å². The predicted molar refractivity (Wildman–Crippen MR) is 79.5 cm³/mol. The van der Waals surface area contributed by atoms with E-state index >= 15 is 0 Å². The van der Waals surface area contributed by atoms with Gasteiger partial charge in [0.2, 0.25) is 15.9 Å². The molecule has 0 bridgehead atoms. The summed E-state index contributed by atoms with van der Waals surface area (Å²) in [4.78, 5) is 22.7. The third kappa shape index (κ3) is 5.42. The van der Waals surface area contributed by atoms with Gasteiger partial charge in [-0.15, -0.1) is 0 Å². The number of rotatable bonds is 6. The Hall–Kier alpha value is -2.09. The number of hydrogen-bond acceptors (Lipinski definition) is 4. The van der Waals surface area contributed by atoms with Crippen molar-refractivity contribution in [1.82, 2.24) is 0 Å². The molecule has 0 fully saturated rings. The Bertz CT molecular complexity index is 624. The summed E-state index contributed by atoms with van der Waals surface area (Å²) >= 11 is 0. The Morgan fingerprint density at radius 3 is 1.95 bits per heavy atom. The van der Waals surface area contributed by atoms with Gasteiger partial charge >= 0.3 is 5.97 Å². The highest BCUT2D eigenvalue weighted by Crippen LogP contribution is 2.17. The maximum absolute atomic E-state index is 11.9. The third-order valence-electron chi connectivity index (χ3n) is 3.01. The molecule has 0 radical (unpaired) electrons. The molecule has 1 aromatic rings. The SMILES string of the molecule is CC(C(=O)O)C(C)C(=O)Nc1ccc(NS(C)(=O)=O)cc1. The molecule has 2 unspecified atom stereocenters. The van der Waals surface area contributed by atoms with Crippen LogP contribution in [0, 0.1) is 11.8 Å². The van der Waals surface area contributed by atoms with E-state index in [0.717, 1.165) is 6.26 Å². The summed E-state index contributed by atoms with van der Waals surface area (Å²) in [6.45, 7) is 3.00. The van der Waals surface area contributed by atoms with Crippen LogP contribution in [-0.2, 0) is 19.6 Å². The van der Waals surface area contributed by atoms with Gasteiger partial charge in [-0.3, -0.25) is 14.3 Å². The summed E-state index contributed by atoms with van der Waals surface area (Å²) in [6.07, 6.45) is 1.04. The van der Waals surface area contributed by atoms with Gasteiger partial charge in [-0.25, -0.2) is 8.42 Å². The molecule has 1 amide bonds. The summed E-state index contributed by atoms with van der Waals surface area (Å²) in [5.74, 6) is -2.92. The number of amides is 1. The maximum Gasteiger partial charge on any atom is 0.307 e. The van der Waals surface area contributed by atoms with Crippen molar-refractivity contribution >= 4 is 33.3 Å². The molecule has 0 aliphatic rings. The van der Waals surface area contributed by atoms with Crippen LogP contribution in [0.5, 0.6) is 0 Å². The lowest BCUT2D eigenvalue weighted by Gasteiger charge is -2.16. The predicted octanol–water partition coefficient (Wildman–Crippen LogP) is 1.35. The molecule has 116 valence electrons. The summed E-state index contributed by atoms with van der Waals surface area (Å²) < 4.78 is 24.4. The van der Waals surface area contributed by atoms with Crippen molar-refractivity contribution in [2.45, 2.75) is 13.8 Å². The van der Waals surface area contributed by atoms with Crippen LogP contribution in [0.3, 0.4) is 0 Å². The molecule has 7 nitrogen and oxygen atoms in total. The topological polar surface area (TPSA) is 113 Å². The third-order valence-corrected chi connectivity index (χ3v) is 3.62. The highest BCUT2D eigenvalue weighted by Gasteiger charge is 2.25. The minimum atomic E-state index is -3.35. The fourth-order valence-corrected chi connectivity index (χ4v) is 2.10. The Balaban J connectivity index is 2.72. The van der Waals surface area contributed by atoms with E-state index < -0.39 is 33.7 Å². The normalized spacial score (nSPS) is 14.0. The molecule has 0 saturated carbocycles. The molecule has 0 spiro atoms. The van der Waals surface area contributed by atoms with Gasteiger partial charge in [0.15, 0.2) is 0 Å². The molecule has 0 heterocycles. The molecule has 1 aromatic carbocycles. The van der Waals surface area contributed by atoms with E-state index in [1.807, 2.05) is 0 Å². The van der Waals surface area contributed by atoms with Crippen molar-refractivity contribution in [3.8, 4) is 0 Å². The second-order valence-electron chi connectivity index (χ2n) is 4.86. The first kappa shape index (κ1) is 17.0. The Morgan fingerprint density at radius 1 is 1.05 bits per heavy atom. The molecule has 3 N–H and O–H groups in total. The molecule has 21 heavy (non-hydrogen) atoms. The lowest BCUT2D eigenvalue weighted by Crippen LogP contribution is -2.29. The minimum absolute atomic E-state index is 0.377. The zero-order chi connectivity index (χ0) is 16.2. The first-order valence-electron chi connectivity index (χ1n) is 6.21. The zero-order valence-electron chi connectivity index (χ0n) is 12.0. The number of nitrogens with one attached hydrogen (secondary N) is 2. The van der Waals surface area contributed by atoms with Crippen LogP contribution in [-0.4, -0.2) is 31.7 Å². The van der Waals surface area contributed by atoms with Crippen LogP contribution in [0.25, 0.3) is 0 Å². The van der Waals surface area contributed by atoms with Gasteiger partial charge < -0.3 is 10.4 Å². The van der Waals surface area contributed by atoms with Crippen LogP contribution in [0.4, 0.5) is 11.4 Å². The minimum Gasteiger partial charge on any atom is -0.481 e. The number of carbonyl (C=O) groups is 2. The first-order chi connectivity index (χ1) is 9.60. The van der Waals surface area contributed by atoms with Crippen molar-refractivity contribution < 1.29 is 23.1 Å². The average Bonchev–Trinajstić information content (AvgIpc) is 2.37. The van der Waals surface area contributed by atoms with Gasteiger partial charge in [-0.2, -0.15) is 0 Å². The highest BCUT2D eigenvalue weighted by molar-refractivity contribution is 7.92. The number of aliphatic carboxylic acids is 1. The molecule has 8 heteroatoms. The van der Waals surface area contributed by atoms with Gasteiger partial charge in [0, 0.05) is 17.3 Å². The largest absolute Gasteiger partial charge is 0.481 e.